The maximum absolute atomic E-state index is 12.6. The predicted octanol–water partition coefficient (Wildman–Crippen LogP) is 3.35. The minimum atomic E-state index is -0.614. The van der Waals surface area contributed by atoms with E-state index < -0.39 is 11.6 Å². The largest absolute Gasteiger partial charge is 0.508 e. The molecule has 0 spiro atoms. The minimum Gasteiger partial charge on any atom is -0.508 e. The molecule has 0 radical (unpaired) electrons. The molecule has 0 saturated carbocycles. The van der Waals surface area contributed by atoms with Gasteiger partial charge >= 0.3 is 0 Å². The fourth-order valence-corrected chi connectivity index (χ4v) is 2.64. The van der Waals surface area contributed by atoms with Gasteiger partial charge in [0.2, 0.25) is 11.6 Å². The first-order chi connectivity index (χ1) is 10.9. The highest BCUT2D eigenvalue weighted by Gasteiger charge is 2.33. The number of carbonyl (C=O) groups excluding carboxylic acids is 2. The number of benzene rings is 2. The molecule has 3 rings (SSSR count). The summed E-state index contributed by atoms with van der Waals surface area (Å²) in [7, 11) is 0. The topological polar surface area (TPSA) is 86.6 Å². The van der Waals surface area contributed by atoms with Crippen molar-refractivity contribution in [1.82, 2.24) is 0 Å². The number of nitrogens with one attached hydrogen (secondary N) is 1. The van der Waals surface area contributed by atoms with Crippen LogP contribution in [0.15, 0.2) is 47.1 Å². The van der Waals surface area contributed by atoms with Gasteiger partial charge in [0.1, 0.15) is 22.2 Å². The molecule has 116 valence electrons. The van der Waals surface area contributed by atoms with Crippen LogP contribution < -0.4 is 5.32 Å². The summed E-state index contributed by atoms with van der Waals surface area (Å²) in [5.41, 5.74) is 1.07. The van der Waals surface area contributed by atoms with Crippen LogP contribution in [0.4, 0.5) is 5.69 Å². The molecule has 0 saturated heterocycles. The average molecular weight is 330 g/mol. The number of rotatable bonds is 2. The SMILES string of the molecule is Cc1cc(NC2=C(Cl)C(=O)c3c(O)cccc3C2=O)ccc1O. The Hall–Kier alpha value is -2.79. The number of aromatic hydroxyl groups is 2. The Morgan fingerprint density at radius 1 is 1.00 bits per heavy atom. The molecule has 0 aliphatic heterocycles. The lowest BCUT2D eigenvalue weighted by molar-refractivity contribution is 0.0979. The predicted molar refractivity (Wildman–Crippen MR) is 86.1 cm³/mol. The molecule has 0 heterocycles. The van der Waals surface area contributed by atoms with Gasteiger partial charge in [0.15, 0.2) is 0 Å². The Balaban J connectivity index is 2.06. The van der Waals surface area contributed by atoms with E-state index in [1.54, 1.807) is 19.1 Å². The number of carbonyl (C=O) groups is 2. The van der Waals surface area contributed by atoms with Gasteiger partial charge in [-0.25, -0.2) is 0 Å². The van der Waals surface area contributed by atoms with Crippen LogP contribution in [0.5, 0.6) is 11.5 Å². The zero-order valence-electron chi connectivity index (χ0n) is 12.1. The first-order valence-corrected chi connectivity index (χ1v) is 7.15. The molecule has 23 heavy (non-hydrogen) atoms. The molecule has 6 heteroatoms. The van der Waals surface area contributed by atoms with Gasteiger partial charge in [-0.3, -0.25) is 9.59 Å². The summed E-state index contributed by atoms with van der Waals surface area (Å²) in [4.78, 5) is 24.9. The highest BCUT2D eigenvalue weighted by molar-refractivity contribution is 6.50. The molecule has 0 atom stereocenters. The van der Waals surface area contributed by atoms with Crippen molar-refractivity contribution >= 4 is 28.9 Å². The maximum Gasteiger partial charge on any atom is 0.211 e. The minimum absolute atomic E-state index is 0.0557. The number of ketones is 2. The molecule has 0 bridgehead atoms. The van der Waals surface area contributed by atoms with E-state index >= 15 is 0 Å². The van der Waals surface area contributed by atoms with Crippen LogP contribution in [0, 0.1) is 6.92 Å². The average Bonchev–Trinajstić information content (AvgIpc) is 2.52. The summed E-state index contributed by atoms with van der Waals surface area (Å²) in [5, 5.41) is 21.9. The van der Waals surface area contributed by atoms with E-state index in [1.165, 1.54) is 24.3 Å². The second kappa shape index (κ2) is 5.44. The van der Waals surface area contributed by atoms with Crippen LogP contribution in [0.2, 0.25) is 0 Å². The van der Waals surface area contributed by atoms with Crippen LogP contribution in [0.1, 0.15) is 26.3 Å². The Kier molecular flexibility index (Phi) is 3.58. The normalized spacial score (nSPS) is 14.0. The van der Waals surface area contributed by atoms with E-state index in [0.29, 0.717) is 11.3 Å². The van der Waals surface area contributed by atoms with Crippen LogP contribution >= 0.6 is 11.6 Å². The van der Waals surface area contributed by atoms with Crippen molar-refractivity contribution in [2.45, 2.75) is 6.92 Å². The van der Waals surface area contributed by atoms with Crippen LogP contribution in [-0.2, 0) is 0 Å². The highest BCUT2D eigenvalue weighted by Crippen LogP contribution is 2.34. The van der Waals surface area contributed by atoms with Crippen molar-refractivity contribution in [3.05, 3.63) is 63.8 Å². The fourth-order valence-electron chi connectivity index (χ4n) is 2.41. The quantitative estimate of drug-likeness (QED) is 0.735. The molecule has 0 unspecified atom stereocenters. The van der Waals surface area contributed by atoms with E-state index in [4.69, 9.17) is 11.6 Å². The van der Waals surface area contributed by atoms with E-state index in [9.17, 15) is 19.8 Å². The van der Waals surface area contributed by atoms with Crippen molar-refractivity contribution < 1.29 is 19.8 Å². The molecular formula is C17H12ClNO4. The first-order valence-electron chi connectivity index (χ1n) is 6.78. The molecule has 0 fully saturated rings. The van der Waals surface area contributed by atoms with Crippen molar-refractivity contribution in [2.75, 3.05) is 5.32 Å². The van der Waals surface area contributed by atoms with Gasteiger partial charge < -0.3 is 15.5 Å². The van der Waals surface area contributed by atoms with Gasteiger partial charge in [-0.05, 0) is 42.8 Å². The van der Waals surface area contributed by atoms with Gasteiger partial charge in [-0.15, -0.1) is 0 Å². The lowest BCUT2D eigenvalue weighted by Gasteiger charge is -2.19. The number of aryl methyl sites for hydroxylation is 1. The van der Waals surface area contributed by atoms with E-state index in [1.807, 2.05) is 0 Å². The molecule has 3 N–H and O–H groups in total. The van der Waals surface area contributed by atoms with Crippen molar-refractivity contribution in [3.63, 3.8) is 0 Å². The van der Waals surface area contributed by atoms with Gasteiger partial charge in [0, 0.05) is 11.3 Å². The number of halogens is 1. The smallest absolute Gasteiger partial charge is 0.211 e. The standard InChI is InChI=1S/C17H12ClNO4/c1-8-7-9(5-6-11(8)20)19-15-14(18)17(23)13-10(16(15)22)3-2-4-12(13)21/h2-7,19-21H,1H3. The second-order valence-corrected chi connectivity index (χ2v) is 5.55. The van der Waals surface area contributed by atoms with Crippen LogP contribution in [-0.4, -0.2) is 21.8 Å². The summed E-state index contributed by atoms with van der Waals surface area (Å²) >= 11 is 6.03. The lowest BCUT2D eigenvalue weighted by atomic mass is 9.91. The molecular weight excluding hydrogens is 318 g/mol. The van der Waals surface area contributed by atoms with Crippen molar-refractivity contribution in [2.24, 2.45) is 0 Å². The van der Waals surface area contributed by atoms with E-state index in [2.05, 4.69) is 5.32 Å². The van der Waals surface area contributed by atoms with Crippen molar-refractivity contribution in [1.29, 1.82) is 0 Å². The maximum atomic E-state index is 12.6. The molecule has 1 aliphatic rings. The molecule has 2 aromatic rings. The fraction of sp³-hybridized carbons (Fsp3) is 0.0588. The molecule has 2 aromatic carbocycles. The summed E-state index contributed by atoms with van der Waals surface area (Å²) in [5.74, 6) is -1.25. The summed E-state index contributed by atoms with van der Waals surface area (Å²) < 4.78 is 0. The van der Waals surface area contributed by atoms with Gasteiger partial charge in [-0.1, -0.05) is 17.7 Å². The number of Topliss-reactive ketones (excluding diaryl/α,β-unsaturated/α-hetero) is 2. The summed E-state index contributed by atoms with van der Waals surface area (Å²) in [6.07, 6.45) is 0. The molecule has 5 nitrogen and oxygen atoms in total. The number of hydrogen-bond acceptors (Lipinski definition) is 5. The third-order valence-corrected chi connectivity index (χ3v) is 3.99. The summed E-state index contributed by atoms with van der Waals surface area (Å²) in [6.45, 7) is 1.71. The first kappa shape index (κ1) is 15.1. The number of fused-ring (bicyclic) bond motifs is 1. The zero-order chi connectivity index (χ0) is 16.7. The summed E-state index contributed by atoms with van der Waals surface area (Å²) in [6, 6.07) is 8.94. The number of phenolic OH excluding ortho intramolecular Hbond substituents is 2. The molecule has 0 amide bonds. The molecule has 1 aliphatic carbocycles. The second-order valence-electron chi connectivity index (χ2n) is 5.17. The van der Waals surface area contributed by atoms with Crippen LogP contribution in [0.3, 0.4) is 0 Å². The van der Waals surface area contributed by atoms with E-state index in [-0.39, 0.29) is 33.4 Å². The number of anilines is 1. The third-order valence-electron chi connectivity index (χ3n) is 3.63. The highest BCUT2D eigenvalue weighted by atomic mass is 35.5. The zero-order valence-corrected chi connectivity index (χ0v) is 12.8. The third kappa shape index (κ3) is 2.45. The Labute approximate surface area is 136 Å². The monoisotopic (exact) mass is 329 g/mol. The number of hydrogen-bond donors (Lipinski definition) is 3. The number of allylic oxidation sites excluding steroid dienone is 2. The van der Waals surface area contributed by atoms with E-state index in [0.717, 1.165) is 0 Å². The van der Waals surface area contributed by atoms with Gasteiger partial charge in [0.25, 0.3) is 0 Å². The Morgan fingerprint density at radius 2 is 1.74 bits per heavy atom. The van der Waals surface area contributed by atoms with Crippen LogP contribution in [0.25, 0.3) is 0 Å². The number of phenols is 2. The Morgan fingerprint density at radius 3 is 2.43 bits per heavy atom. The Bertz CT molecular complexity index is 886. The van der Waals surface area contributed by atoms with Gasteiger partial charge in [0.05, 0.1) is 5.56 Å². The molecule has 0 aromatic heterocycles. The van der Waals surface area contributed by atoms with Gasteiger partial charge in [-0.2, -0.15) is 0 Å². The van der Waals surface area contributed by atoms with Crippen molar-refractivity contribution in [3.8, 4) is 11.5 Å². The lowest BCUT2D eigenvalue weighted by Crippen LogP contribution is -2.24.